The van der Waals surface area contributed by atoms with Gasteiger partial charge in [0.15, 0.2) is 0 Å². The first-order valence-electron chi connectivity index (χ1n) is 9.47. The van der Waals surface area contributed by atoms with Gasteiger partial charge in [-0.1, -0.05) is 47.3 Å². The molecule has 3 amide bonds. The van der Waals surface area contributed by atoms with Crippen LogP contribution in [0.25, 0.3) is 0 Å². The molecule has 0 bridgehead atoms. The molecule has 2 aromatic rings. The second kappa shape index (κ2) is 9.02. The van der Waals surface area contributed by atoms with Gasteiger partial charge in [0, 0.05) is 17.5 Å². The van der Waals surface area contributed by atoms with Crippen LogP contribution in [0.2, 0.25) is 0 Å². The first-order valence-corrected chi connectivity index (χ1v) is 11.4. The normalized spacial score (nSPS) is 21.2. The number of carbonyl (C=O) groups is 3. The van der Waals surface area contributed by atoms with Gasteiger partial charge in [0.1, 0.15) is 22.1 Å². The van der Waals surface area contributed by atoms with E-state index in [1.165, 1.54) is 28.4 Å². The van der Waals surface area contributed by atoms with Crippen LogP contribution in [0.1, 0.15) is 12.5 Å². The summed E-state index contributed by atoms with van der Waals surface area (Å²) < 4.78 is 0. The van der Waals surface area contributed by atoms with E-state index < -0.39 is 29.3 Å². The third-order valence-electron chi connectivity index (χ3n) is 4.97. The summed E-state index contributed by atoms with van der Waals surface area (Å²) in [7, 11) is 0. The summed E-state index contributed by atoms with van der Waals surface area (Å²) in [5, 5.41) is 25.4. The third kappa shape index (κ3) is 4.39. The number of aromatic nitrogens is 3. The lowest BCUT2D eigenvalue weighted by Crippen LogP contribution is -2.71. The van der Waals surface area contributed by atoms with Crippen LogP contribution < -0.4 is 10.6 Å². The molecule has 0 radical (unpaired) electrons. The summed E-state index contributed by atoms with van der Waals surface area (Å²) in [6.07, 6.45) is 1.56. The van der Waals surface area contributed by atoms with Crippen LogP contribution in [-0.4, -0.2) is 65.7 Å². The van der Waals surface area contributed by atoms with E-state index in [2.05, 4.69) is 26.0 Å². The molecule has 1 saturated heterocycles. The molecule has 162 valence electrons. The standard InChI is InChI=1S/C19H20N6O4S2/c1-10(31-13-8-21-24-23-13)12-9-30-17-14(16(26)25(17)15(12)18(27)28)22-19(29)20-7-11-5-3-2-4-6-11/h2-6,8,10,14,17H,7,9H2,1H3,(H,27,28)(H2,20,22,29)(H,21,23,24)/t10?,14?,17-/m0/s1. The average molecular weight is 461 g/mol. The molecule has 1 aromatic heterocycles. The number of carboxylic acid groups (broad SMARTS) is 1. The minimum Gasteiger partial charge on any atom is -0.477 e. The summed E-state index contributed by atoms with van der Waals surface area (Å²) >= 11 is 2.83. The van der Waals surface area contributed by atoms with Crippen molar-refractivity contribution in [2.45, 2.75) is 35.2 Å². The monoisotopic (exact) mass is 460 g/mol. The Morgan fingerprint density at radius 3 is 2.84 bits per heavy atom. The molecule has 4 rings (SSSR count). The Morgan fingerprint density at radius 2 is 2.16 bits per heavy atom. The maximum Gasteiger partial charge on any atom is 0.352 e. The van der Waals surface area contributed by atoms with E-state index in [0.29, 0.717) is 22.9 Å². The summed E-state index contributed by atoms with van der Waals surface area (Å²) in [6.45, 7) is 2.21. The zero-order valence-electron chi connectivity index (χ0n) is 16.4. The third-order valence-corrected chi connectivity index (χ3v) is 7.36. The van der Waals surface area contributed by atoms with Crippen LogP contribution in [0.3, 0.4) is 0 Å². The predicted molar refractivity (Wildman–Crippen MR) is 115 cm³/mol. The van der Waals surface area contributed by atoms with Crippen molar-refractivity contribution >= 4 is 41.4 Å². The number of thioether (sulfide) groups is 2. The zero-order valence-corrected chi connectivity index (χ0v) is 18.1. The van der Waals surface area contributed by atoms with Crippen molar-refractivity contribution in [2.24, 2.45) is 0 Å². The molecule has 12 heteroatoms. The largest absolute Gasteiger partial charge is 0.477 e. The van der Waals surface area contributed by atoms with Crippen molar-refractivity contribution in [1.29, 1.82) is 0 Å². The fourth-order valence-corrected chi connectivity index (χ4v) is 5.93. The van der Waals surface area contributed by atoms with Crippen LogP contribution in [0.5, 0.6) is 0 Å². The minimum atomic E-state index is -1.16. The molecule has 0 saturated carbocycles. The summed E-state index contributed by atoms with van der Waals surface area (Å²) in [5.74, 6) is -1.14. The number of carboxylic acids is 1. The van der Waals surface area contributed by atoms with E-state index in [9.17, 15) is 19.5 Å². The Hall–Kier alpha value is -2.99. The smallest absolute Gasteiger partial charge is 0.352 e. The van der Waals surface area contributed by atoms with Crippen molar-refractivity contribution in [3.8, 4) is 0 Å². The Balaban J connectivity index is 1.42. The van der Waals surface area contributed by atoms with Gasteiger partial charge >= 0.3 is 12.0 Å². The average Bonchev–Trinajstić information content (AvgIpc) is 3.28. The van der Waals surface area contributed by atoms with Crippen molar-refractivity contribution < 1.29 is 19.5 Å². The molecule has 2 aliphatic heterocycles. The molecule has 2 aliphatic rings. The first kappa shape index (κ1) is 21.2. The van der Waals surface area contributed by atoms with E-state index in [1.807, 2.05) is 37.3 Å². The fraction of sp³-hybridized carbons (Fsp3) is 0.316. The molecular weight excluding hydrogens is 440 g/mol. The maximum atomic E-state index is 12.7. The molecular formula is C19H20N6O4S2. The molecule has 3 heterocycles. The van der Waals surface area contributed by atoms with Gasteiger partial charge in [0.25, 0.3) is 5.91 Å². The van der Waals surface area contributed by atoms with Gasteiger partial charge in [-0.05, 0) is 18.1 Å². The van der Waals surface area contributed by atoms with E-state index in [-0.39, 0.29) is 10.9 Å². The van der Waals surface area contributed by atoms with Crippen LogP contribution in [0, 0.1) is 0 Å². The molecule has 0 aliphatic carbocycles. The topological polar surface area (TPSA) is 140 Å². The second-order valence-electron chi connectivity index (χ2n) is 6.96. The number of hydrogen-bond acceptors (Lipinski definition) is 7. The highest BCUT2D eigenvalue weighted by Crippen LogP contribution is 2.43. The fourth-order valence-electron chi connectivity index (χ4n) is 3.43. The Bertz CT molecular complexity index is 1010. The number of carbonyl (C=O) groups excluding carboxylic acids is 2. The van der Waals surface area contributed by atoms with Gasteiger partial charge in [0.2, 0.25) is 0 Å². The number of nitrogens with one attached hydrogen (secondary N) is 3. The van der Waals surface area contributed by atoms with Gasteiger partial charge in [-0.25, -0.2) is 9.59 Å². The molecule has 2 unspecified atom stereocenters. The number of urea groups is 1. The van der Waals surface area contributed by atoms with E-state index in [1.54, 1.807) is 6.20 Å². The van der Waals surface area contributed by atoms with E-state index >= 15 is 0 Å². The Labute approximate surface area is 186 Å². The summed E-state index contributed by atoms with van der Waals surface area (Å²) in [4.78, 5) is 38.3. The van der Waals surface area contributed by atoms with Crippen molar-refractivity contribution in [1.82, 2.24) is 30.9 Å². The number of amides is 3. The van der Waals surface area contributed by atoms with Crippen molar-refractivity contribution in [3.63, 3.8) is 0 Å². The number of β-lactam (4-membered cyclic amide) rings is 1. The zero-order chi connectivity index (χ0) is 22.0. The maximum absolute atomic E-state index is 12.7. The van der Waals surface area contributed by atoms with Gasteiger partial charge in [-0.2, -0.15) is 0 Å². The first-order chi connectivity index (χ1) is 15.0. The second-order valence-corrected chi connectivity index (χ2v) is 9.45. The molecule has 1 fully saturated rings. The van der Waals surface area contributed by atoms with Gasteiger partial charge < -0.3 is 15.7 Å². The van der Waals surface area contributed by atoms with Gasteiger partial charge in [-0.3, -0.25) is 14.8 Å². The highest BCUT2D eigenvalue weighted by molar-refractivity contribution is 8.01. The van der Waals surface area contributed by atoms with Crippen LogP contribution >= 0.6 is 23.5 Å². The van der Waals surface area contributed by atoms with Crippen LogP contribution in [0.15, 0.2) is 52.8 Å². The summed E-state index contributed by atoms with van der Waals surface area (Å²) in [5.41, 5.74) is 1.57. The van der Waals surface area contributed by atoms with E-state index in [4.69, 9.17) is 0 Å². The quantitative estimate of drug-likeness (QED) is 0.359. The summed E-state index contributed by atoms with van der Waals surface area (Å²) in [6, 6.07) is 8.18. The van der Waals surface area contributed by atoms with Crippen LogP contribution in [-0.2, 0) is 16.1 Å². The minimum absolute atomic E-state index is 0.0102. The highest BCUT2D eigenvalue weighted by atomic mass is 32.2. The number of fused-ring (bicyclic) bond motifs is 1. The lowest BCUT2D eigenvalue weighted by Gasteiger charge is -2.49. The van der Waals surface area contributed by atoms with Gasteiger partial charge in [0.05, 0.1) is 6.20 Å². The SMILES string of the molecule is CC(Sc1cnn[nH]1)C1=C(C(=O)O)N2C(=O)C(NC(=O)NCc3ccccc3)[C@@H]2SC1. The van der Waals surface area contributed by atoms with Crippen molar-refractivity contribution in [3.05, 3.63) is 53.4 Å². The molecule has 0 spiro atoms. The number of nitrogens with zero attached hydrogens (tertiary/aromatic N) is 3. The Morgan fingerprint density at radius 1 is 1.39 bits per heavy atom. The van der Waals surface area contributed by atoms with Crippen LogP contribution in [0.4, 0.5) is 4.79 Å². The lowest BCUT2D eigenvalue weighted by molar-refractivity contribution is -0.148. The number of aliphatic carboxylic acids is 1. The Kier molecular flexibility index (Phi) is 6.18. The predicted octanol–water partition coefficient (Wildman–Crippen LogP) is 1.41. The van der Waals surface area contributed by atoms with Crippen molar-refractivity contribution in [2.75, 3.05) is 5.75 Å². The van der Waals surface area contributed by atoms with E-state index in [0.717, 1.165) is 5.56 Å². The number of rotatable bonds is 7. The number of aromatic amines is 1. The van der Waals surface area contributed by atoms with Gasteiger partial charge in [-0.15, -0.1) is 16.9 Å². The number of H-pyrrole nitrogens is 1. The molecule has 4 N–H and O–H groups in total. The lowest BCUT2D eigenvalue weighted by atomic mass is 10.0. The number of benzene rings is 1. The molecule has 10 nitrogen and oxygen atoms in total. The number of hydrogen-bond donors (Lipinski definition) is 4. The molecule has 1 aromatic carbocycles. The highest BCUT2D eigenvalue weighted by Gasteiger charge is 2.54. The molecule has 31 heavy (non-hydrogen) atoms. The molecule has 3 atom stereocenters.